The highest BCUT2D eigenvalue weighted by Crippen LogP contribution is 2.31. The van der Waals surface area contributed by atoms with Gasteiger partial charge in [0.2, 0.25) is 0 Å². The second kappa shape index (κ2) is 13.7. The van der Waals surface area contributed by atoms with Crippen molar-refractivity contribution in [3.63, 3.8) is 0 Å². The molecule has 1 aromatic heterocycles. The lowest BCUT2D eigenvalue weighted by molar-refractivity contribution is -0.279. The number of anilines is 1. The summed E-state index contributed by atoms with van der Waals surface area (Å²) in [6.07, 6.45) is -8.37. The lowest BCUT2D eigenvalue weighted by Gasteiger charge is -2.38. The Morgan fingerprint density at radius 1 is 1.00 bits per heavy atom. The smallest absolute Gasteiger partial charge is 0.251 e. The van der Waals surface area contributed by atoms with Crippen LogP contribution >= 0.6 is 0 Å². The van der Waals surface area contributed by atoms with Gasteiger partial charge < -0.3 is 39.6 Å². The Morgan fingerprint density at radius 2 is 1.73 bits per heavy atom. The molecule has 0 saturated carbocycles. The quantitative estimate of drug-likeness (QED) is 0.173. The summed E-state index contributed by atoms with van der Waals surface area (Å²) in [5.74, 6) is 0.654. The lowest BCUT2D eigenvalue weighted by atomic mass is 9.99. The van der Waals surface area contributed by atoms with Gasteiger partial charge in [-0.1, -0.05) is 18.2 Å². The highest BCUT2D eigenvalue weighted by atomic mass is 32.2. The lowest BCUT2D eigenvalue weighted by Crippen LogP contribution is -2.59. The zero-order valence-electron chi connectivity index (χ0n) is 24.1. The second-order valence-electron chi connectivity index (χ2n) is 10.8. The molecule has 3 aromatic rings. The topological polar surface area (TPSA) is 198 Å². The zero-order valence-corrected chi connectivity index (χ0v) is 24.9. The van der Waals surface area contributed by atoms with Crippen LogP contribution in [0.1, 0.15) is 12.7 Å². The van der Waals surface area contributed by atoms with Gasteiger partial charge in [-0.15, -0.1) is 0 Å². The van der Waals surface area contributed by atoms with Crippen LogP contribution < -0.4 is 10.0 Å². The summed E-state index contributed by atoms with van der Waals surface area (Å²) in [4.78, 5) is 1.75. The van der Waals surface area contributed by atoms with Gasteiger partial charge in [-0.3, -0.25) is 4.90 Å². The first-order chi connectivity index (χ1) is 21.1. The number of hydrogen-bond acceptors (Lipinski definition) is 12. The molecule has 0 amide bonds. The molecule has 2 fully saturated rings. The predicted molar refractivity (Wildman–Crippen MR) is 161 cm³/mol. The predicted octanol–water partition coefficient (Wildman–Crippen LogP) is 0.818. The van der Waals surface area contributed by atoms with Crippen LogP contribution in [-0.4, -0.2) is 110 Å². The molecule has 5 rings (SSSR count). The van der Waals surface area contributed by atoms with E-state index in [4.69, 9.17) is 13.9 Å². The first-order valence-electron chi connectivity index (χ1n) is 14.2. The van der Waals surface area contributed by atoms with Crippen LogP contribution in [0.2, 0.25) is 0 Å². The van der Waals surface area contributed by atoms with Gasteiger partial charge in [0.1, 0.15) is 42.0 Å². The van der Waals surface area contributed by atoms with E-state index < -0.39 is 52.2 Å². The Labute approximate surface area is 255 Å². The van der Waals surface area contributed by atoms with Crippen molar-refractivity contribution in [3.05, 3.63) is 59.2 Å². The Morgan fingerprint density at radius 3 is 2.48 bits per heavy atom. The third-order valence-corrected chi connectivity index (χ3v) is 9.32. The van der Waals surface area contributed by atoms with Gasteiger partial charge in [-0.2, -0.15) is 5.26 Å². The monoisotopic (exact) mass is 628 g/mol. The molecule has 0 aliphatic carbocycles. The maximum Gasteiger partial charge on any atom is 0.251 e. The molecule has 0 bridgehead atoms. The molecular formula is C30H36N4O9S. The SMILES string of the molecule is C/C(=C(/C#N)S(=O)(=O)NCC1OC(O)[C@H](O)[C@@H](O)[C@@H]1O)c1ccc(-c2ccc3cc(NCCN4CCOCC4)ccc3c2)o1. The van der Waals surface area contributed by atoms with Gasteiger partial charge in [0.25, 0.3) is 10.0 Å². The molecule has 2 aromatic carbocycles. The molecule has 2 saturated heterocycles. The number of aliphatic hydroxyl groups excluding tert-OH is 4. The molecule has 6 N–H and O–H groups in total. The van der Waals surface area contributed by atoms with Crippen molar-refractivity contribution >= 4 is 32.1 Å². The summed E-state index contributed by atoms with van der Waals surface area (Å²) in [7, 11) is -4.42. The number of hydrogen-bond donors (Lipinski definition) is 6. The van der Waals surface area contributed by atoms with E-state index in [-0.39, 0.29) is 11.3 Å². The van der Waals surface area contributed by atoms with Crippen molar-refractivity contribution in [1.82, 2.24) is 9.62 Å². The summed E-state index contributed by atoms with van der Waals surface area (Å²) in [6.45, 7) is 6.07. The van der Waals surface area contributed by atoms with E-state index in [0.717, 1.165) is 61.4 Å². The molecule has 2 unspecified atom stereocenters. The average molecular weight is 629 g/mol. The minimum absolute atomic E-state index is 0.0560. The third kappa shape index (κ3) is 7.13. The number of ether oxygens (including phenoxy) is 2. The van der Waals surface area contributed by atoms with Gasteiger partial charge >= 0.3 is 0 Å². The molecule has 236 valence electrons. The first-order valence-corrected chi connectivity index (χ1v) is 15.7. The number of sulfonamides is 1. The molecule has 2 aliphatic heterocycles. The van der Waals surface area contributed by atoms with Crippen molar-refractivity contribution < 1.29 is 42.7 Å². The van der Waals surface area contributed by atoms with Crippen molar-refractivity contribution in [2.45, 2.75) is 37.6 Å². The Balaban J connectivity index is 1.26. The van der Waals surface area contributed by atoms with E-state index in [9.17, 15) is 34.1 Å². The molecule has 44 heavy (non-hydrogen) atoms. The van der Waals surface area contributed by atoms with Gasteiger partial charge in [-0.05, 0) is 48.0 Å². The van der Waals surface area contributed by atoms with E-state index in [1.165, 1.54) is 6.92 Å². The van der Waals surface area contributed by atoms with Crippen molar-refractivity contribution in [2.24, 2.45) is 0 Å². The molecular weight excluding hydrogens is 592 g/mol. The molecule has 5 atom stereocenters. The highest BCUT2D eigenvalue weighted by molar-refractivity contribution is 7.93. The molecule has 0 radical (unpaired) electrons. The number of rotatable bonds is 10. The number of nitrogens with one attached hydrogen (secondary N) is 2. The van der Waals surface area contributed by atoms with E-state index >= 15 is 0 Å². The molecule has 3 heterocycles. The van der Waals surface area contributed by atoms with Crippen LogP contribution in [-0.2, 0) is 19.5 Å². The van der Waals surface area contributed by atoms with Crippen LogP contribution in [0.5, 0.6) is 0 Å². The normalized spacial score (nSPS) is 25.4. The number of aliphatic hydroxyl groups is 4. The van der Waals surface area contributed by atoms with Crippen LogP contribution in [0.25, 0.3) is 27.7 Å². The number of nitrogens with zero attached hydrogens (tertiary/aromatic N) is 2. The van der Waals surface area contributed by atoms with Gasteiger partial charge in [0, 0.05) is 49.5 Å². The fourth-order valence-corrected chi connectivity index (χ4v) is 6.36. The van der Waals surface area contributed by atoms with Gasteiger partial charge in [0.15, 0.2) is 11.2 Å². The van der Waals surface area contributed by atoms with E-state index in [1.807, 2.05) is 30.3 Å². The van der Waals surface area contributed by atoms with E-state index in [0.29, 0.717) is 5.76 Å². The van der Waals surface area contributed by atoms with E-state index in [2.05, 4.69) is 21.0 Å². The van der Waals surface area contributed by atoms with Gasteiger partial charge in [0.05, 0.1) is 13.2 Å². The van der Waals surface area contributed by atoms with Crippen LogP contribution in [0, 0.1) is 11.3 Å². The van der Waals surface area contributed by atoms with Crippen LogP contribution in [0.4, 0.5) is 5.69 Å². The molecule has 0 spiro atoms. The molecule has 13 nitrogen and oxygen atoms in total. The Hall–Kier alpha value is -3.36. The highest BCUT2D eigenvalue weighted by Gasteiger charge is 2.43. The van der Waals surface area contributed by atoms with Crippen molar-refractivity contribution in [2.75, 3.05) is 51.3 Å². The summed E-state index contributed by atoms with van der Waals surface area (Å²) < 4.78 is 44.5. The minimum atomic E-state index is -4.42. The molecule has 2 aliphatic rings. The molecule has 14 heteroatoms. The van der Waals surface area contributed by atoms with Crippen molar-refractivity contribution in [1.29, 1.82) is 5.26 Å². The summed E-state index contributed by atoms with van der Waals surface area (Å²) in [6, 6.07) is 16.9. The number of benzene rings is 2. The number of nitriles is 1. The third-order valence-electron chi connectivity index (χ3n) is 7.83. The fourth-order valence-electron chi connectivity index (χ4n) is 5.21. The maximum absolute atomic E-state index is 13.0. The van der Waals surface area contributed by atoms with Crippen LogP contribution in [0.15, 0.2) is 57.9 Å². The Bertz CT molecular complexity index is 1650. The number of fused-ring (bicyclic) bond motifs is 1. The minimum Gasteiger partial charge on any atom is -0.456 e. The van der Waals surface area contributed by atoms with Crippen molar-refractivity contribution in [3.8, 4) is 17.4 Å². The summed E-state index contributed by atoms with van der Waals surface area (Å²) in [5, 5.41) is 54.5. The summed E-state index contributed by atoms with van der Waals surface area (Å²) >= 11 is 0. The van der Waals surface area contributed by atoms with Crippen LogP contribution in [0.3, 0.4) is 0 Å². The fraction of sp³-hybridized carbons (Fsp3) is 0.433. The summed E-state index contributed by atoms with van der Waals surface area (Å²) in [5.41, 5.74) is 1.85. The second-order valence-corrected chi connectivity index (χ2v) is 12.5. The first kappa shape index (κ1) is 32.0. The number of allylic oxidation sites excluding steroid dienone is 2. The maximum atomic E-state index is 13.0. The zero-order chi connectivity index (χ0) is 31.4. The van der Waals surface area contributed by atoms with E-state index in [1.54, 1.807) is 18.2 Å². The standard InChI is InChI=1S/C30H36N4O9S/c1-18(26(16-31)44(39,40)33-17-25-27(35)28(36)29(37)30(38)43-25)23-6-7-24(42-23)21-3-2-20-15-22(5-4-19(20)14-21)32-8-9-34-10-12-41-13-11-34/h2-7,14-15,25,27-30,32-33,35-38H,8-13,17H2,1H3/b26-18+/t25?,27-,28+,29-,30?/m1/s1. The Kier molecular flexibility index (Phi) is 10.0. The van der Waals surface area contributed by atoms with Gasteiger partial charge in [-0.25, -0.2) is 13.1 Å². The largest absolute Gasteiger partial charge is 0.456 e. The number of furan rings is 1. The average Bonchev–Trinajstić information content (AvgIpc) is 3.52. The number of morpholine rings is 1.